The summed E-state index contributed by atoms with van der Waals surface area (Å²) in [5.74, 6) is 0.507. The lowest BCUT2D eigenvalue weighted by Crippen LogP contribution is -2.36. The summed E-state index contributed by atoms with van der Waals surface area (Å²) in [6.07, 6.45) is 0. The number of benzene rings is 1. The second-order valence-electron chi connectivity index (χ2n) is 4.10. The Bertz CT molecular complexity index is 629. The van der Waals surface area contributed by atoms with Gasteiger partial charge >= 0.3 is 0 Å². The molecule has 3 rings (SSSR count). The Labute approximate surface area is 128 Å². The molecule has 0 fully saturated rings. The molecule has 1 aliphatic rings. The Morgan fingerprint density at radius 2 is 2.32 bits per heavy atom. The summed E-state index contributed by atoms with van der Waals surface area (Å²) in [6, 6.07) is 5.76. The molecular weight excluding hydrogens is 348 g/mol. The third kappa shape index (κ3) is 2.35. The fourth-order valence-electron chi connectivity index (χ4n) is 2.06. The van der Waals surface area contributed by atoms with Gasteiger partial charge in [-0.05, 0) is 34.1 Å². The molecule has 1 atom stereocenters. The second-order valence-corrected chi connectivity index (χ2v) is 6.08. The van der Waals surface area contributed by atoms with Gasteiger partial charge in [-0.2, -0.15) is 0 Å². The fraction of sp³-hybridized carbons (Fsp3) is 0.167. The quantitative estimate of drug-likeness (QED) is 0.896. The molecule has 0 aliphatic carbocycles. The Balaban J connectivity index is 2.00. The first-order valence-corrected chi connectivity index (χ1v) is 7.70. The van der Waals surface area contributed by atoms with Crippen LogP contribution in [-0.2, 0) is 0 Å². The van der Waals surface area contributed by atoms with Crippen molar-refractivity contribution < 1.29 is 0 Å². The first-order valence-electron chi connectivity index (χ1n) is 5.59. The second kappa shape index (κ2) is 5.11. The van der Waals surface area contributed by atoms with Crippen LogP contribution in [0.5, 0.6) is 0 Å². The summed E-state index contributed by atoms with van der Waals surface area (Å²) in [5.41, 5.74) is 9.76. The Morgan fingerprint density at radius 3 is 3.00 bits per heavy atom. The topological polar surface area (TPSA) is 54.5 Å². The molecule has 2 aromatic rings. The van der Waals surface area contributed by atoms with Crippen molar-refractivity contribution in [2.24, 2.45) is 10.7 Å². The van der Waals surface area contributed by atoms with E-state index in [1.807, 2.05) is 34.0 Å². The van der Waals surface area contributed by atoms with Crippen LogP contribution >= 0.6 is 38.9 Å². The van der Waals surface area contributed by atoms with Gasteiger partial charge in [0.05, 0.1) is 28.8 Å². The molecule has 1 aromatic carbocycles. The highest BCUT2D eigenvalue weighted by atomic mass is 79.9. The van der Waals surface area contributed by atoms with E-state index in [1.165, 1.54) is 0 Å². The van der Waals surface area contributed by atoms with E-state index in [-0.39, 0.29) is 6.04 Å². The van der Waals surface area contributed by atoms with Gasteiger partial charge in [-0.25, -0.2) is 4.98 Å². The molecule has 0 bridgehead atoms. The highest BCUT2D eigenvalue weighted by Gasteiger charge is 2.30. The third-order valence-electron chi connectivity index (χ3n) is 2.96. The van der Waals surface area contributed by atoms with Gasteiger partial charge in [-0.3, -0.25) is 4.99 Å². The minimum atomic E-state index is 0.0549. The molecule has 19 heavy (non-hydrogen) atoms. The number of aliphatic imine (C=N–C) groups is 1. The Morgan fingerprint density at radius 1 is 1.47 bits per heavy atom. The number of anilines is 1. The zero-order chi connectivity index (χ0) is 13.4. The fourth-order valence-corrected chi connectivity index (χ4v) is 3.14. The summed E-state index contributed by atoms with van der Waals surface area (Å²) >= 11 is 11.0. The lowest BCUT2D eigenvalue weighted by Gasteiger charge is -2.25. The van der Waals surface area contributed by atoms with Crippen LogP contribution in [0.15, 0.2) is 38.6 Å². The smallest absolute Gasteiger partial charge is 0.196 e. The van der Waals surface area contributed by atoms with Crippen LogP contribution in [0.1, 0.15) is 11.7 Å². The minimum Gasteiger partial charge on any atom is -0.369 e. The maximum absolute atomic E-state index is 6.02. The van der Waals surface area contributed by atoms with E-state index in [1.54, 1.807) is 11.3 Å². The monoisotopic (exact) mass is 356 g/mol. The number of aromatic nitrogens is 1. The normalized spacial score (nSPS) is 18.7. The molecule has 0 saturated heterocycles. The molecule has 98 valence electrons. The highest BCUT2D eigenvalue weighted by molar-refractivity contribution is 9.10. The molecule has 2 N–H and O–H groups in total. The summed E-state index contributed by atoms with van der Waals surface area (Å²) < 4.78 is 0.836. The predicted molar refractivity (Wildman–Crippen MR) is 83.0 cm³/mol. The number of nitrogens with zero attached hydrogens (tertiary/aromatic N) is 3. The predicted octanol–water partition coefficient (Wildman–Crippen LogP) is 3.44. The van der Waals surface area contributed by atoms with Crippen molar-refractivity contribution in [2.75, 3.05) is 11.4 Å². The van der Waals surface area contributed by atoms with Crippen LogP contribution in [0, 0.1) is 0 Å². The lowest BCUT2D eigenvalue weighted by molar-refractivity contribution is 0.746. The molecule has 1 unspecified atom stereocenters. The Hall–Kier alpha value is -1.11. The van der Waals surface area contributed by atoms with E-state index in [0.29, 0.717) is 17.5 Å². The first-order chi connectivity index (χ1) is 9.16. The van der Waals surface area contributed by atoms with E-state index in [9.17, 15) is 0 Å². The molecule has 4 nitrogen and oxygen atoms in total. The van der Waals surface area contributed by atoms with E-state index in [2.05, 4.69) is 25.9 Å². The van der Waals surface area contributed by atoms with Gasteiger partial charge in [-0.15, -0.1) is 11.3 Å². The molecule has 7 heteroatoms. The van der Waals surface area contributed by atoms with Crippen molar-refractivity contribution in [3.63, 3.8) is 0 Å². The summed E-state index contributed by atoms with van der Waals surface area (Å²) in [7, 11) is 0. The van der Waals surface area contributed by atoms with Gasteiger partial charge in [0.1, 0.15) is 0 Å². The van der Waals surface area contributed by atoms with Crippen LogP contribution in [0.3, 0.4) is 0 Å². The first kappa shape index (κ1) is 12.9. The number of thiazole rings is 1. The molecule has 1 aliphatic heterocycles. The molecule has 1 aromatic heterocycles. The number of hydrogen-bond acceptors (Lipinski definition) is 5. The van der Waals surface area contributed by atoms with E-state index < -0.39 is 0 Å². The Kier molecular flexibility index (Phi) is 3.47. The van der Waals surface area contributed by atoms with Gasteiger partial charge in [0.2, 0.25) is 0 Å². The van der Waals surface area contributed by atoms with Crippen LogP contribution < -0.4 is 10.6 Å². The average molecular weight is 358 g/mol. The molecular formula is C12H10BrClN4S. The van der Waals surface area contributed by atoms with Gasteiger partial charge in [0.25, 0.3) is 0 Å². The van der Waals surface area contributed by atoms with E-state index >= 15 is 0 Å². The van der Waals surface area contributed by atoms with Crippen molar-refractivity contribution in [3.8, 4) is 0 Å². The number of nitrogens with two attached hydrogens (primary N) is 1. The standard InChI is InChI=1S/C12H10BrClN4S/c13-8-3-7(1-2-9(8)14)18-11(4-16-12(18)15)10-5-19-6-17-10/h1-3,5-6,11H,4H2,(H2,15,16). The van der Waals surface area contributed by atoms with Crippen molar-refractivity contribution in [3.05, 3.63) is 44.3 Å². The number of halogens is 2. The number of rotatable bonds is 2. The zero-order valence-electron chi connectivity index (χ0n) is 9.75. The average Bonchev–Trinajstić information content (AvgIpc) is 3.01. The van der Waals surface area contributed by atoms with Crippen molar-refractivity contribution in [1.82, 2.24) is 4.98 Å². The third-order valence-corrected chi connectivity index (χ3v) is 4.78. The molecule has 2 heterocycles. The number of hydrogen-bond donors (Lipinski definition) is 1. The highest BCUT2D eigenvalue weighted by Crippen LogP contribution is 2.34. The molecule has 0 spiro atoms. The molecule has 0 saturated carbocycles. The van der Waals surface area contributed by atoms with Crippen molar-refractivity contribution in [2.45, 2.75) is 6.04 Å². The van der Waals surface area contributed by atoms with Gasteiger partial charge in [0.15, 0.2) is 5.96 Å². The summed E-state index contributed by atoms with van der Waals surface area (Å²) in [6.45, 7) is 0.621. The van der Waals surface area contributed by atoms with Crippen LogP contribution in [0.2, 0.25) is 5.02 Å². The summed E-state index contributed by atoms with van der Waals surface area (Å²) in [4.78, 5) is 10.7. The van der Waals surface area contributed by atoms with E-state index in [4.69, 9.17) is 17.3 Å². The molecule has 0 radical (unpaired) electrons. The van der Waals surface area contributed by atoms with Crippen molar-refractivity contribution >= 4 is 50.5 Å². The minimum absolute atomic E-state index is 0.0549. The lowest BCUT2D eigenvalue weighted by atomic mass is 10.2. The largest absolute Gasteiger partial charge is 0.369 e. The summed E-state index contributed by atoms with van der Waals surface area (Å²) in [5, 5.41) is 2.69. The number of guanidine groups is 1. The SMILES string of the molecule is NC1=NCC(c2cscn2)N1c1ccc(Cl)c(Br)c1. The van der Waals surface area contributed by atoms with Crippen LogP contribution in [0.25, 0.3) is 0 Å². The van der Waals surface area contributed by atoms with Crippen LogP contribution in [-0.4, -0.2) is 17.5 Å². The van der Waals surface area contributed by atoms with Crippen LogP contribution in [0.4, 0.5) is 5.69 Å². The van der Waals surface area contributed by atoms with Gasteiger partial charge in [0, 0.05) is 15.5 Å². The van der Waals surface area contributed by atoms with Crippen molar-refractivity contribution in [1.29, 1.82) is 0 Å². The zero-order valence-corrected chi connectivity index (χ0v) is 12.9. The van der Waals surface area contributed by atoms with Gasteiger partial charge in [-0.1, -0.05) is 11.6 Å². The van der Waals surface area contributed by atoms with E-state index in [0.717, 1.165) is 15.9 Å². The van der Waals surface area contributed by atoms with Gasteiger partial charge < -0.3 is 10.6 Å². The maximum atomic E-state index is 6.02. The maximum Gasteiger partial charge on any atom is 0.196 e. The molecule has 0 amide bonds.